The first-order chi connectivity index (χ1) is 11.4. The normalized spacial score (nSPS) is 21.2. The lowest BCUT2D eigenvalue weighted by Gasteiger charge is -2.37. The van der Waals surface area contributed by atoms with Crippen LogP contribution in [0, 0.1) is 17.6 Å². The Morgan fingerprint density at radius 3 is 2.79 bits per heavy atom. The molecule has 1 aliphatic rings. The van der Waals surface area contributed by atoms with E-state index in [1.165, 1.54) is 6.07 Å². The third-order valence-corrected chi connectivity index (χ3v) is 4.39. The summed E-state index contributed by atoms with van der Waals surface area (Å²) in [6.07, 6.45) is 4.18. The summed E-state index contributed by atoms with van der Waals surface area (Å²) in [5.41, 5.74) is 0.995. The highest BCUT2D eigenvalue weighted by molar-refractivity contribution is 5.79. The lowest BCUT2D eigenvalue weighted by Crippen LogP contribution is -2.41. The van der Waals surface area contributed by atoms with Gasteiger partial charge in [-0.1, -0.05) is 6.07 Å². The molecule has 0 aliphatic heterocycles. The molecule has 0 saturated heterocycles. The van der Waals surface area contributed by atoms with E-state index in [9.17, 15) is 18.7 Å². The number of aliphatic hydroxyl groups is 1. The summed E-state index contributed by atoms with van der Waals surface area (Å²) in [5, 5.41) is 16.5. The average molecular weight is 335 g/mol. The van der Waals surface area contributed by atoms with Crippen LogP contribution in [0.1, 0.15) is 30.0 Å². The maximum atomic E-state index is 13.7. The number of aromatic nitrogens is 2. The number of hydrogen-bond acceptors (Lipinski definition) is 3. The van der Waals surface area contributed by atoms with E-state index in [1.807, 2.05) is 6.20 Å². The van der Waals surface area contributed by atoms with Gasteiger partial charge in [-0.25, -0.2) is 8.78 Å². The zero-order valence-electron chi connectivity index (χ0n) is 13.2. The van der Waals surface area contributed by atoms with Crippen molar-refractivity contribution in [3.63, 3.8) is 0 Å². The summed E-state index contributed by atoms with van der Waals surface area (Å²) in [5.74, 6) is -1.64. The summed E-state index contributed by atoms with van der Waals surface area (Å²) in [6, 6.07) is 2.89. The van der Waals surface area contributed by atoms with Gasteiger partial charge in [-0.3, -0.25) is 9.48 Å². The van der Waals surface area contributed by atoms with Crippen molar-refractivity contribution in [3.8, 4) is 0 Å². The number of halogens is 2. The van der Waals surface area contributed by atoms with Crippen molar-refractivity contribution in [1.82, 2.24) is 15.1 Å². The number of carbonyl (C=O) groups is 1. The fourth-order valence-electron chi connectivity index (χ4n) is 3.04. The van der Waals surface area contributed by atoms with E-state index < -0.39 is 11.6 Å². The largest absolute Gasteiger partial charge is 0.393 e. The van der Waals surface area contributed by atoms with Gasteiger partial charge in [-0.05, 0) is 30.4 Å². The first-order valence-electron chi connectivity index (χ1n) is 7.82. The molecule has 1 aliphatic carbocycles. The minimum absolute atomic E-state index is 0.117. The minimum atomic E-state index is -0.734. The van der Waals surface area contributed by atoms with Gasteiger partial charge in [0, 0.05) is 24.9 Å². The number of amides is 1. The summed E-state index contributed by atoms with van der Waals surface area (Å²) in [7, 11) is 1.78. The molecule has 7 heteroatoms. The molecule has 0 bridgehead atoms. The van der Waals surface area contributed by atoms with Crippen LogP contribution in [-0.2, 0) is 18.3 Å². The molecule has 3 rings (SSSR count). The molecule has 2 aromatic rings. The fourth-order valence-corrected chi connectivity index (χ4v) is 3.04. The molecular formula is C17H19F2N3O2. The molecule has 1 heterocycles. The van der Waals surface area contributed by atoms with Crippen molar-refractivity contribution in [3.05, 3.63) is 53.4 Å². The van der Waals surface area contributed by atoms with Gasteiger partial charge in [0.2, 0.25) is 5.91 Å². The molecule has 1 saturated carbocycles. The molecule has 5 nitrogen and oxygen atoms in total. The fraction of sp³-hybridized carbons (Fsp3) is 0.412. The van der Waals surface area contributed by atoms with E-state index in [-0.39, 0.29) is 36.0 Å². The summed E-state index contributed by atoms with van der Waals surface area (Å²) in [6.45, 7) is 0. The molecule has 0 spiro atoms. The molecule has 1 unspecified atom stereocenters. The highest BCUT2D eigenvalue weighted by Crippen LogP contribution is 2.38. The van der Waals surface area contributed by atoms with Crippen LogP contribution >= 0.6 is 0 Å². The van der Waals surface area contributed by atoms with E-state index in [4.69, 9.17) is 0 Å². The van der Waals surface area contributed by atoms with Gasteiger partial charge >= 0.3 is 0 Å². The topological polar surface area (TPSA) is 67.2 Å². The van der Waals surface area contributed by atoms with Gasteiger partial charge in [0.25, 0.3) is 0 Å². The Bertz CT molecular complexity index is 741. The second kappa shape index (κ2) is 6.68. The molecule has 1 fully saturated rings. The van der Waals surface area contributed by atoms with Crippen molar-refractivity contribution in [2.24, 2.45) is 13.0 Å². The second-order valence-corrected chi connectivity index (χ2v) is 6.29. The van der Waals surface area contributed by atoms with Crippen LogP contribution in [0.5, 0.6) is 0 Å². The van der Waals surface area contributed by atoms with Crippen LogP contribution in [0.4, 0.5) is 8.78 Å². The van der Waals surface area contributed by atoms with Crippen molar-refractivity contribution in [2.75, 3.05) is 0 Å². The van der Waals surface area contributed by atoms with Crippen LogP contribution in [0.15, 0.2) is 30.6 Å². The van der Waals surface area contributed by atoms with Crippen molar-refractivity contribution in [2.45, 2.75) is 31.4 Å². The van der Waals surface area contributed by atoms with E-state index >= 15 is 0 Å². The Labute approximate surface area is 138 Å². The molecule has 128 valence electrons. The maximum Gasteiger partial charge on any atom is 0.225 e. The van der Waals surface area contributed by atoms with Crippen LogP contribution in [0.2, 0.25) is 0 Å². The van der Waals surface area contributed by atoms with E-state index in [0.717, 1.165) is 17.7 Å². The molecule has 1 aromatic heterocycles. The van der Waals surface area contributed by atoms with Gasteiger partial charge < -0.3 is 10.4 Å². The van der Waals surface area contributed by atoms with Gasteiger partial charge in [-0.2, -0.15) is 5.10 Å². The van der Waals surface area contributed by atoms with Gasteiger partial charge in [0.1, 0.15) is 11.6 Å². The highest BCUT2D eigenvalue weighted by atomic mass is 19.1. The monoisotopic (exact) mass is 335 g/mol. The minimum Gasteiger partial charge on any atom is -0.393 e. The number of aryl methyl sites for hydroxylation is 1. The molecule has 1 amide bonds. The Hall–Kier alpha value is -2.28. The van der Waals surface area contributed by atoms with Crippen molar-refractivity contribution < 1.29 is 18.7 Å². The number of carbonyl (C=O) groups excluding carboxylic acids is 1. The lowest BCUT2D eigenvalue weighted by atomic mass is 9.75. The summed E-state index contributed by atoms with van der Waals surface area (Å²) >= 11 is 0. The number of rotatable bonds is 5. The van der Waals surface area contributed by atoms with E-state index in [2.05, 4.69) is 10.4 Å². The van der Waals surface area contributed by atoms with Gasteiger partial charge in [0.15, 0.2) is 0 Å². The molecule has 0 radical (unpaired) electrons. The Morgan fingerprint density at radius 2 is 2.21 bits per heavy atom. The van der Waals surface area contributed by atoms with Crippen LogP contribution < -0.4 is 5.32 Å². The number of aliphatic hydroxyl groups excluding tert-OH is 1. The van der Waals surface area contributed by atoms with Crippen molar-refractivity contribution in [1.29, 1.82) is 0 Å². The molecule has 24 heavy (non-hydrogen) atoms. The second-order valence-electron chi connectivity index (χ2n) is 6.29. The zero-order valence-corrected chi connectivity index (χ0v) is 13.2. The molecule has 1 atom stereocenters. The predicted octanol–water partition coefficient (Wildman–Crippen LogP) is 1.87. The third-order valence-electron chi connectivity index (χ3n) is 4.39. The number of benzene rings is 1. The van der Waals surface area contributed by atoms with Crippen molar-refractivity contribution >= 4 is 5.91 Å². The number of nitrogens with zero attached hydrogens (tertiary/aromatic N) is 2. The van der Waals surface area contributed by atoms with E-state index in [1.54, 1.807) is 17.9 Å². The molecule has 2 N–H and O–H groups in total. The summed E-state index contributed by atoms with van der Waals surface area (Å²) < 4.78 is 28.3. The third kappa shape index (κ3) is 3.62. The maximum absolute atomic E-state index is 13.7. The zero-order chi connectivity index (χ0) is 17.3. The van der Waals surface area contributed by atoms with Crippen LogP contribution in [0.25, 0.3) is 0 Å². The Morgan fingerprint density at radius 1 is 1.46 bits per heavy atom. The number of nitrogens with one attached hydrogen (secondary N) is 1. The van der Waals surface area contributed by atoms with Gasteiger partial charge in [0.05, 0.1) is 24.8 Å². The SMILES string of the molecule is Cn1cc(C(NC(=O)Cc2ccc(F)cc2F)C2CC(O)C2)cn1. The van der Waals surface area contributed by atoms with E-state index in [0.29, 0.717) is 12.8 Å². The van der Waals surface area contributed by atoms with Crippen LogP contribution in [-0.4, -0.2) is 26.9 Å². The predicted molar refractivity (Wildman–Crippen MR) is 82.9 cm³/mol. The quantitative estimate of drug-likeness (QED) is 0.877. The Kier molecular flexibility index (Phi) is 4.62. The van der Waals surface area contributed by atoms with Crippen LogP contribution in [0.3, 0.4) is 0 Å². The molecular weight excluding hydrogens is 316 g/mol. The first-order valence-corrected chi connectivity index (χ1v) is 7.82. The average Bonchev–Trinajstić information content (AvgIpc) is 2.91. The highest BCUT2D eigenvalue weighted by Gasteiger charge is 2.36. The summed E-state index contributed by atoms with van der Waals surface area (Å²) in [4.78, 5) is 12.3. The Balaban J connectivity index is 1.71. The van der Waals surface area contributed by atoms with Gasteiger partial charge in [-0.15, -0.1) is 0 Å². The standard InChI is InChI=1S/C17H19F2N3O2/c1-22-9-12(8-20-22)17(11-4-14(23)5-11)21-16(24)6-10-2-3-13(18)7-15(10)19/h2-3,7-9,11,14,17,23H,4-6H2,1H3,(H,21,24). The smallest absolute Gasteiger partial charge is 0.225 e. The first kappa shape index (κ1) is 16.6. The lowest BCUT2D eigenvalue weighted by molar-refractivity contribution is -0.122. The number of hydrogen-bond donors (Lipinski definition) is 2. The molecule has 1 aromatic carbocycles.